The van der Waals surface area contributed by atoms with Crippen LogP contribution in [-0.4, -0.2) is 41.6 Å². The highest BCUT2D eigenvalue weighted by atomic mass is 16.4. The van der Waals surface area contributed by atoms with Crippen molar-refractivity contribution in [2.45, 2.75) is 52.0 Å². The molecule has 17 heavy (non-hydrogen) atoms. The summed E-state index contributed by atoms with van der Waals surface area (Å²) in [4.78, 5) is 23.4. The van der Waals surface area contributed by atoms with Crippen LogP contribution in [0.15, 0.2) is 0 Å². The predicted molar refractivity (Wildman–Crippen MR) is 67.0 cm³/mol. The van der Waals surface area contributed by atoms with Crippen LogP contribution in [0.1, 0.15) is 46.0 Å². The van der Waals surface area contributed by atoms with Gasteiger partial charge in [-0.1, -0.05) is 12.8 Å². The average Bonchev–Trinajstić information content (AvgIpc) is 2.25. The summed E-state index contributed by atoms with van der Waals surface area (Å²) in [6, 6.07) is 0.149. The summed E-state index contributed by atoms with van der Waals surface area (Å²) < 4.78 is 0. The van der Waals surface area contributed by atoms with E-state index in [2.05, 4.69) is 5.32 Å². The SMILES string of the molecule is CC(C)N(C)C(=O)NCCCCCCC(=O)O. The Morgan fingerprint density at radius 1 is 1.18 bits per heavy atom. The van der Waals surface area contributed by atoms with Crippen molar-refractivity contribution in [2.24, 2.45) is 0 Å². The van der Waals surface area contributed by atoms with Crippen molar-refractivity contribution in [3.8, 4) is 0 Å². The normalized spacial score (nSPS) is 10.4. The lowest BCUT2D eigenvalue weighted by atomic mass is 10.1. The van der Waals surface area contributed by atoms with Crippen molar-refractivity contribution in [3.05, 3.63) is 0 Å². The van der Waals surface area contributed by atoms with E-state index in [4.69, 9.17) is 5.11 Å². The van der Waals surface area contributed by atoms with Gasteiger partial charge in [0.15, 0.2) is 0 Å². The molecule has 0 rings (SSSR count). The Morgan fingerprint density at radius 2 is 1.76 bits per heavy atom. The summed E-state index contributed by atoms with van der Waals surface area (Å²) >= 11 is 0. The first-order valence-electron chi connectivity index (χ1n) is 6.17. The van der Waals surface area contributed by atoms with Crippen molar-refractivity contribution in [2.75, 3.05) is 13.6 Å². The summed E-state index contributed by atoms with van der Waals surface area (Å²) in [7, 11) is 1.77. The van der Waals surface area contributed by atoms with E-state index in [0.29, 0.717) is 6.54 Å². The first-order valence-corrected chi connectivity index (χ1v) is 6.17. The van der Waals surface area contributed by atoms with Crippen molar-refractivity contribution < 1.29 is 14.7 Å². The summed E-state index contributed by atoms with van der Waals surface area (Å²) in [5.41, 5.74) is 0. The summed E-state index contributed by atoms with van der Waals surface area (Å²) in [6.07, 6.45) is 3.72. The smallest absolute Gasteiger partial charge is 0.317 e. The van der Waals surface area contributed by atoms with Crippen LogP contribution in [0.25, 0.3) is 0 Å². The zero-order valence-corrected chi connectivity index (χ0v) is 11.0. The second-order valence-electron chi connectivity index (χ2n) is 4.49. The minimum Gasteiger partial charge on any atom is -0.481 e. The Morgan fingerprint density at radius 3 is 2.29 bits per heavy atom. The van der Waals surface area contributed by atoms with Crippen LogP contribution >= 0.6 is 0 Å². The van der Waals surface area contributed by atoms with Crippen LogP contribution in [0.2, 0.25) is 0 Å². The third kappa shape index (κ3) is 8.54. The molecule has 2 amide bonds. The number of carbonyl (C=O) groups excluding carboxylic acids is 1. The number of hydrogen-bond acceptors (Lipinski definition) is 2. The molecule has 0 unspecified atom stereocenters. The highest BCUT2D eigenvalue weighted by molar-refractivity contribution is 5.74. The van der Waals surface area contributed by atoms with Gasteiger partial charge in [0.2, 0.25) is 0 Å². The van der Waals surface area contributed by atoms with Crippen LogP contribution in [0.3, 0.4) is 0 Å². The number of carboxylic acid groups (broad SMARTS) is 1. The first-order chi connectivity index (χ1) is 7.95. The van der Waals surface area contributed by atoms with Gasteiger partial charge < -0.3 is 15.3 Å². The van der Waals surface area contributed by atoms with Crippen molar-refractivity contribution in [1.82, 2.24) is 10.2 Å². The number of hydrogen-bond donors (Lipinski definition) is 2. The molecule has 0 aromatic rings. The quantitative estimate of drug-likeness (QED) is 0.642. The van der Waals surface area contributed by atoms with Crippen molar-refractivity contribution >= 4 is 12.0 Å². The Hall–Kier alpha value is -1.26. The van der Waals surface area contributed by atoms with Gasteiger partial charge in [0.05, 0.1) is 0 Å². The van der Waals surface area contributed by atoms with Gasteiger partial charge in [-0.15, -0.1) is 0 Å². The number of carbonyl (C=O) groups is 2. The molecule has 0 aromatic carbocycles. The van der Waals surface area contributed by atoms with Gasteiger partial charge in [-0.25, -0.2) is 4.79 Å². The van der Waals surface area contributed by atoms with Crippen LogP contribution in [0.4, 0.5) is 4.79 Å². The van der Waals surface area contributed by atoms with E-state index in [1.807, 2.05) is 13.8 Å². The minimum atomic E-state index is -0.739. The fourth-order valence-electron chi connectivity index (χ4n) is 1.31. The highest BCUT2D eigenvalue weighted by Crippen LogP contribution is 2.02. The number of unbranched alkanes of at least 4 members (excludes halogenated alkanes) is 3. The molecule has 2 N–H and O–H groups in total. The van der Waals surface area contributed by atoms with Crippen LogP contribution in [-0.2, 0) is 4.79 Å². The third-order valence-corrected chi connectivity index (χ3v) is 2.69. The molecule has 0 saturated carbocycles. The molecule has 0 heterocycles. The molecular weight excluding hydrogens is 220 g/mol. The molecule has 5 nitrogen and oxygen atoms in total. The molecule has 0 fully saturated rings. The second-order valence-corrected chi connectivity index (χ2v) is 4.49. The maximum Gasteiger partial charge on any atom is 0.317 e. The number of rotatable bonds is 8. The summed E-state index contributed by atoms with van der Waals surface area (Å²) in [5.74, 6) is -0.739. The van der Waals surface area contributed by atoms with E-state index >= 15 is 0 Å². The minimum absolute atomic E-state index is 0.0504. The van der Waals surface area contributed by atoms with E-state index in [1.165, 1.54) is 0 Å². The summed E-state index contributed by atoms with van der Waals surface area (Å²) in [5, 5.41) is 11.3. The maximum atomic E-state index is 11.5. The molecule has 0 radical (unpaired) electrons. The van der Waals surface area contributed by atoms with Gasteiger partial charge in [-0.3, -0.25) is 4.79 Å². The highest BCUT2D eigenvalue weighted by Gasteiger charge is 2.09. The van der Waals surface area contributed by atoms with Crippen LogP contribution in [0.5, 0.6) is 0 Å². The van der Waals surface area contributed by atoms with Gasteiger partial charge in [0.25, 0.3) is 0 Å². The number of aliphatic carboxylic acids is 1. The zero-order valence-electron chi connectivity index (χ0n) is 11.0. The molecule has 0 saturated heterocycles. The Balaban J connectivity index is 3.39. The lowest BCUT2D eigenvalue weighted by Gasteiger charge is -2.21. The van der Waals surface area contributed by atoms with Gasteiger partial charge in [0.1, 0.15) is 0 Å². The lowest BCUT2D eigenvalue weighted by molar-refractivity contribution is -0.137. The van der Waals surface area contributed by atoms with Crippen LogP contribution in [0, 0.1) is 0 Å². The molecule has 0 bridgehead atoms. The van der Waals surface area contributed by atoms with Crippen molar-refractivity contribution in [1.29, 1.82) is 0 Å². The molecular formula is C12H24N2O3. The standard InChI is InChI=1S/C12H24N2O3/c1-10(2)14(3)12(17)13-9-7-5-4-6-8-11(15)16/h10H,4-9H2,1-3H3,(H,13,17)(H,15,16). The van der Waals surface area contributed by atoms with Gasteiger partial charge in [-0.05, 0) is 26.7 Å². The van der Waals surface area contributed by atoms with E-state index in [0.717, 1.165) is 25.7 Å². The lowest BCUT2D eigenvalue weighted by Crippen LogP contribution is -2.41. The molecule has 0 spiro atoms. The molecule has 0 aliphatic heterocycles. The maximum absolute atomic E-state index is 11.5. The molecule has 0 aromatic heterocycles. The van der Waals surface area contributed by atoms with E-state index in [9.17, 15) is 9.59 Å². The second kappa shape index (κ2) is 8.84. The van der Waals surface area contributed by atoms with E-state index < -0.39 is 5.97 Å². The van der Waals surface area contributed by atoms with Gasteiger partial charge in [0, 0.05) is 26.1 Å². The molecule has 5 heteroatoms. The molecule has 0 atom stereocenters. The van der Waals surface area contributed by atoms with Gasteiger partial charge in [-0.2, -0.15) is 0 Å². The molecule has 0 aliphatic rings. The third-order valence-electron chi connectivity index (χ3n) is 2.69. The molecule has 100 valence electrons. The zero-order chi connectivity index (χ0) is 13.3. The fourth-order valence-corrected chi connectivity index (χ4v) is 1.31. The topological polar surface area (TPSA) is 69.6 Å². The number of carboxylic acids is 1. The molecule has 0 aliphatic carbocycles. The van der Waals surface area contributed by atoms with E-state index in [-0.39, 0.29) is 18.5 Å². The monoisotopic (exact) mass is 244 g/mol. The number of nitrogens with zero attached hydrogens (tertiary/aromatic N) is 1. The van der Waals surface area contributed by atoms with Crippen molar-refractivity contribution in [3.63, 3.8) is 0 Å². The summed E-state index contributed by atoms with van der Waals surface area (Å²) in [6.45, 7) is 4.58. The number of urea groups is 1. The average molecular weight is 244 g/mol. The number of amides is 2. The Labute approximate surface area is 103 Å². The van der Waals surface area contributed by atoms with Gasteiger partial charge >= 0.3 is 12.0 Å². The van der Waals surface area contributed by atoms with E-state index in [1.54, 1.807) is 11.9 Å². The Bertz CT molecular complexity index is 242. The Kier molecular flexibility index (Phi) is 8.19. The predicted octanol–water partition coefficient (Wildman–Crippen LogP) is 2.07. The van der Waals surface area contributed by atoms with Crippen LogP contribution < -0.4 is 5.32 Å². The first kappa shape index (κ1) is 15.7. The number of nitrogens with one attached hydrogen (secondary N) is 1. The largest absolute Gasteiger partial charge is 0.481 e. The fraction of sp³-hybridized carbons (Fsp3) is 0.833.